The Morgan fingerprint density at radius 2 is 1.78 bits per heavy atom. The molecule has 7 aliphatic heterocycles. The molecule has 99 heavy (non-hydrogen) atoms. The molecule has 17 atom stereocenters. The normalized spacial score (nSPS) is 33.3. The van der Waals surface area contributed by atoms with Crippen LogP contribution in [0.1, 0.15) is 134 Å². The van der Waals surface area contributed by atoms with Crippen LogP contribution in [-0.4, -0.2) is 192 Å². The van der Waals surface area contributed by atoms with E-state index in [0.717, 1.165) is 53.5 Å². The number of aliphatic hydroxyl groups excluding tert-OH is 6. The van der Waals surface area contributed by atoms with Gasteiger partial charge in [-0.05, 0) is 121 Å². The van der Waals surface area contributed by atoms with Gasteiger partial charge >= 0.3 is 0 Å². The van der Waals surface area contributed by atoms with E-state index in [1.165, 1.54) is 12.1 Å². The molecule has 1 saturated carbocycles. The number of carbonyl (C=O) groups is 4. The molecular formula is C74H87N9O16. The van der Waals surface area contributed by atoms with Gasteiger partial charge in [0.2, 0.25) is 12.2 Å². The number of amides is 1. The molecule has 25 nitrogen and oxygen atoms in total. The molecule has 15 rings (SSSR count). The van der Waals surface area contributed by atoms with E-state index < -0.39 is 147 Å². The van der Waals surface area contributed by atoms with E-state index in [0.29, 0.717) is 46.6 Å². The Labute approximate surface area is 572 Å². The Morgan fingerprint density at radius 1 is 0.949 bits per heavy atom. The van der Waals surface area contributed by atoms with Gasteiger partial charge < -0.3 is 96.1 Å². The topological polar surface area (TPSA) is 384 Å². The lowest BCUT2D eigenvalue weighted by Crippen LogP contribution is -2.70. The third-order valence-corrected chi connectivity index (χ3v) is 22.7. The van der Waals surface area contributed by atoms with Gasteiger partial charge in [0.15, 0.2) is 28.7 Å². The Balaban J connectivity index is 1.00. The fraction of sp³-hybridized carbons (Fsp3) is 0.514. The highest BCUT2D eigenvalue weighted by Crippen LogP contribution is 2.58. The van der Waals surface area contributed by atoms with Gasteiger partial charge in [0.05, 0.1) is 74.3 Å². The number of nitrogens with one attached hydrogen (secondary N) is 6. The predicted molar refractivity (Wildman–Crippen MR) is 358 cm³/mol. The van der Waals surface area contributed by atoms with E-state index in [1.54, 1.807) is 12.1 Å². The third kappa shape index (κ3) is 11.6. The van der Waals surface area contributed by atoms with Crippen molar-refractivity contribution in [1.29, 1.82) is 0 Å². The molecule has 0 radical (unpaired) electrons. The minimum absolute atomic E-state index is 0.0228. The number of rotatable bonds is 14. The lowest BCUT2D eigenvalue weighted by atomic mass is 9.59. The molecular weight excluding hydrogens is 1270 g/mol. The van der Waals surface area contributed by atoms with Gasteiger partial charge in [0, 0.05) is 77.5 Å². The van der Waals surface area contributed by atoms with E-state index >= 15 is 9.59 Å². The molecule has 4 aromatic rings. The number of benzene rings is 4. The molecule has 11 aliphatic rings. The standard InChI is InChI=1S/C74H87N9O16/c1-77-29-40-23-37-22-38-14-18-74(94)56-33-95-31-39(11-13-55(38)88)57(46-8-4-5-9-54(46)83-35-79-60-69(83)81-72(76)82-70(60)93)51-28-50-58(62(90)49-24-36(30-86)10-12-44(49)61(50)89)64(96-32-43(87)16-20-84)63(51)99-71(98-56)65(67(74)92)97-34-73-41(26-47(40)48(25-37)45(17-21-85)66(73)91)27-53(80-42-6-2-3-7-42)59-52(73)15-19-78-68(59)75/h4-5,8-10,12,15,20,23-25,27-28,38-39,42-43,45,53,55-57,60,65-67,69,71-72,77-81,85-88,91-92,94H,2-3,6-7,11,13,16-17,19,21-22,26,29-35,75-76H2,1H3,(H,82,93). The van der Waals surface area contributed by atoms with Crippen molar-refractivity contribution in [1.82, 2.24) is 31.9 Å². The molecule has 524 valence electrons. The van der Waals surface area contributed by atoms with Crippen molar-refractivity contribution in [3.05, 3.63) is 157 Å². The van der Waals surface area contributed by atoms with Crippen LogP contribution in [0.15, 0.2) is 95.4 Å². The van der Waals surface area contributed by atoms with Crippen LogP contribution in [0.3, 0.4) is 0 Å². The molecule has 4 aliphatic carbocycles. The summed E-state index contributed by atoms with van der Waals surface area (Å²) in [6.07, 6.45) is -4.24. The van der Waals surface area contributed by atoms with E-state index in [1.807, 2.05) is 42.3 Å². The summed E-state index contributed by atoms with van der Waals surface area (Å²) in [5.41, 5.74) is 16.2. The molecule has 0 aromatic heterocycles. The Kier molecular flexibility index (Phi) is 18.5. The summed E-state index contributed by atoms with van der Waals surface area (Å²) in [5, 5.41) is 108. The Hall–Kier alpha value is -7.46. The average molecular weight is 1360 g/mol. The van der Waals surface area contributed by atoms with Gasteiger partial charge in [-0.3, -0.25) is 30.8 Å². The van der Waals surface area contributed by atoms with Crippen molar-refractivity contribution in [2.75, 3.05) is 58.2 Å². The van der Waals surface area contributed by atoms with E-state index in [9.17, 15) is 45.3 Å². The van der Waals surface area contributed by atoms with Crippen LogP contribution in [0.2, 0.25) is 0 Å². The quantitative estimate of drug-likeness (QED) is 0.0404. The number of anilines is 1. The minimum atomic E-state index is -2.59. The van der Waals surface area contributed by atoms with Crippen molar-refractivity contribution in [3.63, 3.8) is 0 Å². The number of ether oxygens (including phenoxy) is 5. The number of fused-ring (bicyclic) bond motifs is 14. The van der Waals surface area contributed by atoms with E-state index in [4.69, 9.17) is 35.2 Å². The van der Waals surface area contributed by atoms with Crippen molar-refractivity contribution < 1.29 is 78.6 Å². The molecule has 7 heterocycles. The van der Waals surface area contributed by atoms with Crippen LogP contribution in [0.4, 0.5) is 5.69 Å². The lowest BCUT2D eigenvalue weighted by molar-refractivity contribution is -0.311. The number of ketones is 2. The van der Waals surface area contributed by atoms with Crippen molar-refractivity contribution in [2.45, 2.75) is 168 Å². The zero-order chi connectivity index (χ0) is 68.8. The molecule has 17 unspecified atom stereocenters. The Bertz CT molecular complexity index is 4050. The number of hydrogen-bond acceptors (Lipinski definition) is 24. The van der Waals surface area contributed by atoms with Gasteiger partial charge in [-0.1, -0.05) is 78.8 Å². The van der Waals surface area contributed by atoms with Gasteiger partial charge in [-0.2, -0.15) is 0 Å². The SMILES string of the molecule is CNCc1cc2cc3c1CC1=CC(NC4CCCC4)C4=C(N)NCC=C4C1(COC1C4Oc5c(cc6c(c5OCC(O)CC=O)C(=O)c5cc(CO)ccc5C6=O)C(c5ccccc5N5CNC6C(=O)NC(N)NC65)C5CCC(O)C(C#CC(O)(C(COC5)O4)C1O)C2)C(O)C3CCO. The second-order valence-electron chi connectivity index (χ2n) is 28.4. The first-order valence-electron chi connectivity index (χ1n) is 34.8. The smallest absolute Gasteiger partial charge is 0.242 e. The van der Waals surface area contributed by atoms with Gasteiger partial charge in [-0.25, -0.2) is 0 Å². The summed E-state index contributed by atoms with van der Waals surface area (Å²) >= 11 is 0. The zero-order valence-corrected chi connectivity index (χ0v) is 55.1. The fourth-order valence-corrected chi connectivity index (χ4v) is 17.8. The lowest BCUT2D eigenvalue weighted by Gasteiger charge is -2.51. The third-order valence-electron chi connectivity index (χ3n) is 22.7. The van der Waals surface area contributed by atoms with Gasteiger partial charge in [0.25, 0.3) is 0 Å². The van der Waals surface area contributed by atoms with E-state index in [-0.39, 0.29) is 110 Å². The first-order chi connectivity index (χ1) is 48.0. The molecule has 9 bridgehead atoms. The average Bonchev–Trinajstić information content (AvgIpc) is 1.71. The summed E-state index contributed by atoms with van der Waals surface area (Å²) in [7, 11) is 1.87. The van der Waals surface area contributed by atoms with Crippen molar-refractivity contribution in [2.24, 2.45) is 28.7 Å². The molecule has 17 N–H and O–H groups in total. The maximum absolute atomic E-state index is 15.8. The molecule has 4 fully saturated rings. The van der Waals surface area contributed by atoms with Crippen molar-refractivity contribution >= 4 is 29.4 Å². The number of carbonyl (C=O) groups excluding carboxylic acids is 4. The highest BCUT2D eigenvalue weighted by Gasteiger charge is 2.61. The van der Waals surface area contributed by atoms with Crippen LogP contribution in [0, 0.1) is 29.1 Å². The first-order valence-corrected chi connectivity index (χ1v) is 34.8. The molecule has 1 amide bonds. The van der Waals surface area contributed by atoms with Crippen LogP contribution in [-0.2, 0) is 49.8 Å². The highest BCUT2D eigenvalue weighted by molar-refractivity contribution is 6.29. The number of nitrogens with two attached hydrogens (primary N) is 2. The predicted octanol–water partition coefficient (Wildman–Crippen LogP) is 0.326. The monoisotopic (exact) mass is 1360 g/mol. The van der Waals surface area contributed by atoms with Crippen LogP contribution < -0.4 is 57.7 Å². The number of para-hydroxylation sites is 1. The van der Waals surface area contributed by atoms with Crippen molar-refractivity contribution in [3.8, 4) is 23.3 Å². The summed E-state index contributed by atoms with van der Waals surface area (Å²) in [6.45, 7) is -1.65. The molecule has 4 aromatic carbocycles. The van der Waals surface area contributed by atoms with Gasteiger partial charge in [0.1, 0.15) is 55.5 Å². The first kappa shape index (κ1) is 67.4. The maximum atomic E-state index is 15.8. The number of hydrogen-bond donors (Lipinski definition) is 15. The molecule has 25 heteroatoms. The molecule has 1 spiro atoms. The number of dihydropyridines is 1. The zero-order valence-electron chi connectivity index (χ0n) is 55.1. The van der Waals surface area contributed by atoms with Crippen LogP contribution in [0.5, 0.6) is 11.5 Å². The Morgan fingerprint density at radius 3 is 2.58 bits per heavy atom. The number of aldehydes is 1. The van der Waals surface area contributed by atoms with Gasteiger partial charge in [-0.15, -0.1) is 0 Å². The largest absolute Gasteiger partial charge is 0.486 e. The summed E-state index contributed by atoms with van der Waals surface area (Å²) < 4.78 is 35.8. The minimum Gasteiger partial charge on any atom is -0.486 e. The highest BCUT2D eigenvalue weighted by atomic mass is 16.7. The van der Waals surface area contributed by atoms with E-state index in [2.05, 4.69) is 62.0 Å². The second kappa shape index (κ2) is 27.1. The van der Waals surface area contributed by atoms with Crippen LogP contribution >= 0.6 is 0 Å². The fourth-order valence-electron chi connectivity index (χ4n) is 17.8. The summed E-state index contributed by atoms with van der Waals surface area (Å²) in [6, 6.07) is 16.6. The summed E-state index contributed by atoms with van der Waals surface area (Å²) in [5.74, 6) is 0.926. The van der Waals surface area contributed by atoms with Crippen LogP contribution in [0.25, 0.3) is 0 Å². The molecule has 3 saturated heterocycles. The number of nitrogens with zero attached hydrogens (tertiary/aromatic N) is 1. The summed E-state index contributed by atoms with van der Waals surface area (Å²) in [4.78, 5) is 59.2. The maximum Gasteiger partial charge on any atom is 0.242 e. The second-order valence-corrected chi connectivity index (χ2v) is 28.4. The number of aliphatic hydroxyl groups is 7.